The molecule has 0 aliphatic rings. The number of carbonyl (C=O) groups excluding carboxylic acids is 1. The van der Waals surface area contributed by atoms with E-state index < -0.39 is 0 Å². The van der Waals surface area contributed by atoms with E-state index in [9.17, 15) is 4.79 Å². The molecule has 0 atom stereocenters. The van der Waals surface area contributed by atoms with E-state index in [0.717, 1.165) is 27.9 Å². The summed E-state index contributed by atoms with van der Waals surface area (Å²) < 4.78 is 5.42. The first-order valence-corrected chi connectivity index (χ1v) is 12.7. The van der Waals surface area contributed by atoms with E-state index in [-0.39, 0.29) is 30.6 Å². The lowest BCUT2D eigenvalue weighted by molar-refractivity contribution is 0.0945. The number of rotatable bonds is 10. The quantitative estimate of drug-likeness (QED) is 0.221. The highest BCUT2D eigenvalue weighted by molar-refractivity contribution is 6.01. The van der Waals surface area contributed by atoms with Gasteiger partial charge in [0, 0.05) is 43.5 Å². The van der Waals surface area contributed by atoms with Crippen LogP contribution in [0.5, 0.6) is 0 Å². The van der Waals surface area contributed by atoms with Crippen LogP contribution in [-0.4, -0.2) is 28.0 Å². The molecule has 41 heavy (non-hydrogen) atoms. The van der Waals surface area contributed by atoms with Crippen LogP contribution < -0.4 is 16.0 Å². The number of aromatic nitrogens is 3. The summed E-state index contributed by atoms with van der Waals surface area (Å²) in [6, 6.07) is 18.5. The molecule has 10 heteroatoms. The number of aryl methyl sites for hydroxylation is 2. The van der Waals surface area contributed by atoms with Crippen molar-refractivity contribution in [2.75, 3.05) is 17.7 Å². The third kappa shape index (κ3) is 7.30. The maximum Gasteiger partial charge on any atom is 0.257 e. The molecule has 1 amide bonds. The van der Waals surface area contributed by atoms with Crippen LogP contribution in [0.25, 0.3) is 6.08 Å². The van der Waals surface area contributed by atoms with Crippen molar-refractivity contribution in [1.82, 2.24) is 20.3 Å². The predicted octanol–water partition coefficient (Wildman–Crippen LogP) is 5.46. The van der Waals surface area contributed by atoms with Crippen LogP contribution >= 0.6 is 0 Å². The third-order valence-electron chi connectivity index (χ3n) is 6.09. The zero-order valence-corrected chi connectivity index (χ0v) is 22.9. The zero-order valence-electron chi connectivity index (χ0n) is 22.9. The van der Waals surface area contributed by atoms with E-state index in [1.165, 1.54) is 13.2 Å². The predicted molar refractivity (Wildman–Crippen MR) is 156 cm³/mol. The van der Waals surface area contributed by atoms with Crippen LogP contribution in [0.15, 0.2) is 67.0 Å². The molecule has 0 spiro atoms. The summed E-state index contributed by atoms with van der Waals surface area (Å²) in [5.41, 5.74) is 6.12. The summed E-state index contributed by atoms with van der Waals surface area (Å²) in [5, 5.41) is 27.5. The van der Waals surface area contributed by atoms with Crippen molar-refractivity contribution in [3.63, 3.8) is 0 Å². The molecule has 0 saturated heterocycles. The summed E-state index contributed by atoms with van der Waals surface area (Å²) in [7, 11) is 1.53. The fourth-order valence-corrected chi connectivity index (χ4v) is 4.21. The van der Waals surface area contributed by atoms with Gasteiger partial charge in [0.1, 0.15) is 11.4 Å². The molecule has 0 aliphatic carbocycles. The Hall–Kier alpha value is -5.58. The van der Waals surface area contributed by atoms with Crippen molar-refractivity contribution >= 4 is 35.1 Å². The first-order chi connectivity index (χ1) is 19.9. The standard InChI is InChI=1S/C31H28N8O2/c1-20-14-23(6-4-12-32)15-21(2)28(20)38-29-27(30(40)35-18-24-7-5-13-34-17-24)26(19-41-3)37-31(39-29)36-25-10-8-22(16-33)9-11-25/h4-11,13-15,17H,18-19H2,1-3H3,(H,35,40)(H2,36,37,38,39)/b6-4+. The number of methoxy groups -OCH3 is 1. The molecule has 0 saturated carbocycles. The second-order valence-corrected chi connectivity index (χ2v) is 9.13. The van der Waals surface area contributed by atoms with Crippen LogP contribution in [0.2, 0.25) is 0 Å². The number of hydrogen-bond donors (Lipinski definition) is 3. The normalized spacial score (nSPS) is 10.6. The largest absolute Gasteiger partial charge is 0.378 e. The maximum atomic E-state index is 13.6. The average molecular weight is 545 g/mol. The highest BCUT2D eigenvalue weighted by atomic mass is 16.5. The van der Waals surface area contributed by atoms with Gasteiger partial charge in [-0.3, -0.25) is 9.78 Å². The molecule has 10 nitrogen and oxygen atoms in total. The van der Waals surface area contributed by atoms with Gasteiger partial charge >= 0.3 is 0 Å². The van der Waals surface area contributed by atoms with Crippen LogP contribution in [0.3, 0.4) is 0 Å². The number of hydrogen-bond acceptors (Lipinski definition) is 9. The lowest BCUT2D eigenvalue weighted by Crippen LogP contribution is -2.26. The summed E-state index contributed by atoms with van der Waals surface area (Å²) >= 11 is 0. The number of nitriles is 2. The summed E-state index contributed by atoms with van der Waals surface area (Å²) in [6.45, 7) is 4.20. The molecule has 3 N–H and O–H groups in total. The minimum Gasteiger partial charge on any atom is -0.378 e. The van der Waals surface area contributed by atoms with Crippen molar-refractivity contribution in [3.8, 4) is 12.1 Å². The average Bonchev–Trinajstić information content (AvgIpc) is 2.97. The van der Waals surface area contributed by atoms with Crippen molar-refractivity contribution < 1.29 is 9.53 Å². The third-order valence-corrected chi connectivity index (χ3v) is 6.09. The molecule has 0 unspecified atom stereocenters. The molecular formula is C31H28N8O2. The Kier molecular flexibility index (Phi) is 9.34. The highest BCUT2D eigenvalue weighted by Crippen LogP contribution is 2.30. The van der Waals surface area contributed by atoms with Gasteiger partial charge in [-0.1, -0.05) is 6.07 Å². The van der Waals surface area contributed by atoms with E-state index in [4.69, 9.17) is 20.2 Å². The van der Waals surface area contributed by atoms with Gasteiger partial charge in [-0.15, -0.1) is 0 Å². The first kappa shape index (κ1) is 28.4. The number of nitrogens with zero attached hydrogens (tertiary/aromatic N) is 5. The van der Waals surface area contributed by atoms with Gasteiger partial charge in [0.05, 0.1) is 30.0 Å². The molecule has 0 radical (unpaired) electrons. The maximum absolute atomic E-state index is 13.6. The fraction of sp³-hybridized carbons (Fsp3) is 0.161. The molecule has 2 aromatic heterocycles. The van der Waals surface area contributed by atoms with Crippen molar-refractivity contribution in [3.05, 3.63) is 106 Å². The smallest absolute Gasteiger partial charge is 0.257 e. The number of ether oxygens (including phenoxy) is 1. The number of allylic oxidation sites excluding steroid dienone is 1. The Morgan fingerprint density at radius 2 is 1.80 bits per heavy atom. The van der Waals surface area contributed by atoms with Gasteiger partial charge in [0.25, 0.3) is 5.91 Å². The Morgan fingerprint density at radius 1 is 1.05 bits per heavy atom. The van der Waals surface area contributed by atoms with Crippen LogP contribution in [0.4, 0.5) is 23.1 Å². The Balaban J connectivity index is 1.77. The summed E-state index contributed by atoms with van der Waals surface area (Å²) in [6.07, 6.45) is 6.52. The molecule has 2 heterocycles. The van der Waals surface area contributed by atoms with Gasteiger partial charge in [-0.2, -0.15) is 15.5 Å². The minimum absolute atomic E-state index is 0.0603. The monoisotopic (exact) mass is 544 g/mol. The fourth-order valence-electron chi connectivity index (χ4n) is 4.21. The van der Waals surface area contributed by atoms with E-state index in [1.807, 2.05) is 38.1 Å². The topological polar surface area (TPSA) is 149 Å². The van der Waals surface area contributed by atoms with Crippen molar-refractivity contribution in [2.45, 2.75) is 27.0 Å². The van der Waals surface area contributed by atoms with Crippen LogP contribution in [0.1, 0.15) is 43.9 Å². The first-order valence-electron chi connectivity index (χ1n) is 12.7. The number of nitrogens with one attached hydrogen (secondary N) is 3. The number of anilines is 4. The second kappa shape index (κ2) is 13.5. The Labute approximate surface area is 238 Å². The summed E-state index contributed by atoms with van der Waals surface area (Å²) in [4.78, 5) is 27.0. The molecule has 0 fully saturated rings. The second-order valence-electron chi connectivity index (χ2n) is 9.13. The van der Waals surface area contributed by atoms with Gasteiger partial charge < -0.3 is 20.7 Å². The molecule has 0 bridgehead atoms. The van der Waals surface area contributed by atoms with Crippen molar-refractivity contribution in [1.29, 1.82) is 10.5 Å². The lowest BCUT2D eigenvalue weighted by Gasteiger charge is -2.19. The van der Waals surface area contributed by atoms with E-state index >= 15 is 0 Å². The number of carbonyl (C=O) groups is 1. The van der Waals surface area contributed by atoms with Gasteiger partial charge in [-0.05, 0) is 84.6 Å². The molecule has 4 rings (SSSR count). The number of pyridine rings is 1. The van der Waals surface area contributed by atoms with E-state index in [2.05, 4.69) is 32.0 Å². The Morgan fingerprint density at radius 3 is 2.44 bits per heavy atom. The van der Waals surface area contributed by atoms with Crippen LogP contribution in [0, 0.1) is 36.5 Å². The Bertz CT molecular complexity index is 1630. The van der Waals surface area contributed by atoms with Crippen LogP contribution in [-0.2, 0) is 17.9 Å². The molecule has 204 valence electrons. The van der Waals surface area contributed by atoms with Gasteiger partial charge in [0.15, 0.2) is 0 Å². The molecule has 2 aromatic carbocycles. The summed E-state index contributed by atoms with van der Waals surface area (Å²) in [5.74, 6) is 0.160. The minimum atomic E-state index is -0.378. The number of benzene rings is 2. The van der Waals surface area contributed by atoms with Gasteiger partial charge in [-0.25, -0.2) is 4.98 Å². The molecular weight excluding hydrogens is 516 g/mol. The van der Waals surface area contributed by atoms with E-state index in [1.54, 1.807) is 48.8 Å². The SMILES string of the molecule is COCc1nc(Nc2ccc(C#N)cc2)nc(Nc2c(C)cc(/C=C/C#N)cc2C)c1C(=O)NCc1cccnc1. The molecule has 4 aromatic rings. The van der Waals surface area contributed by atoms with Gasteiger partial charge in [0.2, 0.25) is 5.95 Å². The van der Waals surface area contributed by atoms with Crippen molar-refractivity contribution in [2.24, 2.45) is 0 Å². The molecule has 0 aliphatic heterocycles. The lowest BCUT2D eigenvalue weighted by atomic mass is 10.0. The number of amides is 1. The van der Waals surface area contributed by atoms with E-state index in [0.29, 0.717) is 22.8 Å². The highest BCUT2D eigenvalue weighted by Gasteiger charge is 2.23. The zero-order chi connectivity index (χ0) is 29.2.